The van der Waals surface area contributed by atoms with Gasteiger partial charge in [0.1, 0.15) is 0 Å². The minimum absolute atomic E-state index is 0.228. The zero-order chi connectivity index (χ0) is 22.0. The topological polar surface area (TPSA) is 137 Å². The van der Waals surface area contributed by atoms with Gasteiger partial charge in [-0.3, -0.25) is 0 Å². The van der Waals surface area contributed by atoms with Crippen molar-refractivity contribution in [2.24, 2.45) is 0 Å². The summed E-state index contributed by atoms with van der Waals surface area (Å²) in [7, 11) is -25.2. The zero-order valence-corrected chi connectivity index (χ0v) is 16.4. The summed E-state index contributed by atoms with van der Waals surface area (Å²) in [6, 6.07) is 0. The summed E-state index contributed by atoms with van der Waals surface area (Å²) in [5.41, 5.74) is 0. The summed E-state index contributed by atoms with van der Waals surface area (Å²) >= 11 is 0. The monoisotopic (exact) mass is 478 g/mol. The fourth-order valence-corrected chi connectivity index (χ4v) is 9.08. The van der Waals surface area contributed by atoms with Crippen LogP contribution < -0.4 is 0 Å². The standard InChI is InChI=1S/C8H12F6O8S4/c1-5(23(2,15)16,24(3,17)18)26(21,22)8(13,14)6(9,10)7(11,12)25(4,19)20/h1-4H3. The van der Waals surface area contributed by atoms with Crippen LogP contribution in [0.5, 0.6) is 0 Å². The van der Waals surface area contributed by atoms with E-state index in [-0.39, 0.29) is 12.5 Å². The molecule has 0 fully saturated rings. The van der Waals surface area contributed by atoms with E-state index in [1.165, 1.54) is 0 Å². The van der Waals surface area contributed by atoms with Crippen molar-refractivity contribution in [2.45, 2.75) is 26.8 Å². The summed E-state index contributed by atoms with van der Waals surface area (Å²) < 4.78 is 168. The Labute approximate surface area is 145 Å². The molecule has 0 rings (SSSR count). The van der Waals surface area contributed by atoms with Gasteiger partial charge in [-0.05, 0) is 6.92 Å². The molecule has 0 N–H and O–H groups in total. The third-order valence-corrected chi connectivity index (χ3v) is 14.1. The van der Waals surface area contributed by atoms with Crippen LogP contribution in [0.25, 0.3) is 0 Å². The molecule has 0 aliphatic carbocycles. The fourth-order valence-electron chi connectivity index (χ4n) is 1.48. The number of sulfone groups is 4. The van der Waals surface area contributed by atoms with Crippen LogP contribution in [0.3, 0.4) is 0 Å². The van der Waals surface area contributed by atoms with Crippen LogP contribution in [0.4, 0.5) is 26.3 Å². The van der Waals surface area contributed by atoms with Crippen molar-refractivity contribution < 1.29 is 60.0 Å². The maximum Gasteiger partial charge on any atom is 0.417 e. The van der Waals surface area contributed by atoms with Crippen LogP contribution in [0, 0.1) is 0 Å². The van der Waals surface area contributed by atoms with Gasteiger partial charge in [-0.25, -0.2) is 33.7 Å². The molecule has 0 spiro atoms. The number of hydrogen-bond donors (Lipinski definition) is 0. The second-order valence-electron chi connectivity index (χ2n) is 5.29. The van der Waals surface area contributed by atoms with E-state index < -0.39 is 72.4 Å². The first-order chi connectivity index (χ1) is 10.8. The molecule has 0 aliphatic rings. The molecule has 0 aromatic rings. The van der Waals surface area contributed by atoms with Gasteiger partial charge < -0.3 is 0 Å². The minimum Gasteiger partial charge on any atom is -0.226 e. The highest BCUT2D eigenvalue weighted by Gasteiger charge is 2.84. The van der Waals surface area contributed by atoms with Crippen molar-refractivity contribution in [3.05, 3.63) is 0 Å². The Morgan fingerprint density at radius 2 is 0.808 bits per heavy atom. The van der Waals surface area contributed by atoms with Crippen LogP contribution in [-0.2, 0) is 39.3 Å². The predicted molar refractivity (Wildman–Crippen MR) is 76.7 cm³/mol. The molecule has 18 heteroatoms. The maximum atomic E-state index is 13.9. The van der Waals surface area contributed by atoms with Gasteiger partial charge >= 0.3 is 16.4 Å². The Bertz CT molecular complexity index is 975. The van der Waals surface area contributed by atoms with Crippen LogP contribution in [-0.4, -0.2) is 72.3 Å². The van der Waals surface area contributed by atoms with E-state index in [9.17, 15) is 60.0 Å². The molecule has 0 aromatic carbocycles. The van der Waals surface area contributed by atoms with E-state index >= 15 is 0 Å². The molecular formula is C8H12F6O8S4. The molecule has 0 heterocycles. The van der Waals surface area contributed by atoms with E-state index in [0.29, 0.717) is 0 Å². The highest BCUT2D eigenvalue weighted by molar-refractivity contribution is 8.25. The van der Waals surface area contributed by atoms with Crippen LogP contribution >= 0.6 is 0 Å². The van der Waals surface area contributed by atoms with E-state index in [1.807, 2.05) is 0 Å². The van der Waals surface area contributed by atoms with Gasteiger partial charge in [-0.15, -0.1) is 0 Å². The van der Waals surface area contributed by atoms with E-state index in [2.05, 4.69) is 0 Å². The molecule has 0 saturated carbocycles. The Kier molecular flexibility index (Phi) is 5.79. The quantitative estimate of drug-likeness (QED) is 0.468. The smallest absolute Gasteiger partial charge is 0.226 e. The van der Waals surface area contributed by atoms with Gasteiger partial charge in [0.15, 0.2) is 19.7 Å². The van der Waals surface area contributed by atoms with Crippen molar-refractivity contribution in [3.63, 3.8) is 0 Å². The van der Waals surface area contributed by atoms with Crippen LogP contribution in [0.2, 0.25) is 0 Å². The molecule has 8 nitrogen and oxygen atoms in total. The first-order valence-corrected chi connectivity index (χ1v) is 12.9. The molecule has 0 atom stereocenters. The number of alkyl halides is 6. The maximum absolute atomic E-state index is 13.9. The summed E-state index contributed by atoms with van der Waals surface area (Å²) in [6.45, 7) is -0.421. The summed E-state index contributed by atoms with van der Waals surface area (Å²) in [4.78, 5) is 0. The SMILES string of the molecule is CC(S(C)(=O)=O)(S(C)(=O)=O)S(=O)(=O)C(F)(F)C(F)(F)C(F)(F)S(C)(=O)=O. The minimum atomic E-state index is -7.52. The molecule has 158 valence electrons. The first-order valence-electron chi connectivity index (χ1n) is 5.71. The Morgan fingerprint density at radius 3 is 1.00 bits per heavy atom. The fraction of sp³-hybridized carbons (Fsp3) is 1.00. The van der Waals surface area contributed by atoms with Crippen molar-refractivity contribution in [2.75, 3.05) is 18.8 Å². The van der Waals surface area contributed by atoms with E-state index in [0.717, 1.165) is 0 Å². The van der Waals surface area contributed by atoms with Crippen molar-refractivity contribution >= 4 is 39.3 Å². The predicted octanol–water partition coefficient (Wildman–Crippen LogP) is 0.0296. The van der Waals surface area contributed by atoms with Gasteiger partial charge in [0.2, 0.25) is 9.84 Å². The van der Waals surface area contributed by atoms with Gasteiger partial charge in [0.05, 0.1) is 0 Å². The highest BCUT2D eigenvalue weighted by atomic mass is 32.3. The average molecular weight is 478 g/mol. The lowest BCUT2D eigenvalue weighted by atomic mass is 10.3. The third-order valence-electron chi connectivity index (χ3n) is 3.37. The molecule has 0 aliphatic heterocycles. The van der Waals surface area contributed by atoms with Crippen LogP contribution in [0.1, 0.15) is 6.92 Å². The lowest BCUT2D eigenvalue weighted by molar-refractivity contribution is -0.243. The van der Waals surface area contributed by atoms with E-state index in [4.69, 9.17) is 0 Å². The molecule has 0 amide bonds. The number of halogens is 6. The summed E-state index contributed by atoms with van der Waals surface area (Å²) in [5, 5.41) is -13.8. The number of hydrogen-bond acceptors (Lipinski definition) is 8. The Morgan fingerprint density at radius 1 is 0.538 bits per heavy atom. The van der Waals surface area contributed by atoms with Gasteiger partial charge in [0, 0.05) is 18.8 Å². The molecule has 26 heavy (non-hydrogen) atoms. The molecule has 0 radical (unpaired) electrons. The second kappa shape index (κ2) is 5.94. The van der Waals surface area contributed by atoms with Crippen LogP contribution in [0.15, 0.2) is 0 Å². The Balaban J connectivity index is 7.31. The van der Waals surface area contributed by atoms with E-state index in [1.54, 1.807) is 0 Å². The largest absolute Gasteiger partial charge is 0.417 e. The summed E-state index contributed by atoms with van der Waals surface area (Å²) in [6.07, 6.45) is -1.07. The molecule has 0 unspecified atom stereocenters. The van der Waals surface area contributed by atoms with Gasteiger partial charge in [0.25, 0.3) is 13.2 Å². The average Bonchev–Trinajstić information content (AvgIpc) is 2.32. The first kappa shape index (κ1) is 25.4. The molecule has 0 bridgehead atoms. The van der Waals surface area contributed by atoms with Gasteiger partial charge in [-0.2, -0.15) is 26.3 Å². The molecule has 0 aromatic heterocycles. The van der Waals surface area contributed by atoms with Gasteiger partial charge in [-0.1, -0.05) is 0 Å². The third kappa shape index (κ3) is 3.01. The second-order valence-corrected chi connectivity index (χ2v) is 15.2. The normalized spacial score (nSPS) is 16.5. The lowest BCUT2D eigenvalue weighted by Gasteiger charge is -2.35. The number of rotatable bonds is 7. The lowest BCUT2D eigenvalue weighted by Crippen LogP contribution is -2.66. The molecule has 0 saturated heterocycles. The van der Waals surface area contributed by atoms with Crippen molar-refractivity contribution in [1.82, 2.24) is 0 Å². The summed E-state index contributed by atoms with van der Waals surface area (Å²) in [5.74, 6) is -7.22. The van der Waals surface area contributed by atoms with Crippen molar-refractivity contribution in [3.8, 4) is 0 Å². The zero-order valence-electron chi connectivity index (χ0n) is 13.2. The Hall–Kier alpha value is -0.620. The highest BCUT2D eigenvalue weighted by Crippen LogP contribution is 2.54. The van der Waals surface area contributed by atoms with Crippen molar-refractivity contribution in [1.29, 1.82) is 0 Å². The molecular weight excluding hydrogens is 466 g/mol.